The van der Waals surface area contributed by atoms with E-state index < -0.39 is 8.32 Å². The minimum Gasteiger partial charge on any atom is -0.543 e. The van der Waals surface area contributed by atoms with Crippen LogP contribution < -0.4 is 0 Å². The van der Waals surface area contributed by atoms with Crippen molar-refractivity contribution in [2.75, 3.05) is 0 Å². The van der Waals surface area contributed by atoms with Gasteiger partial charge in [-0.1, -0.05) is 27.4 Å². The van der Waals surface area contributed by atoms with E-state index in [2.05, 4.69) is 40.4 Å². The van der Waals surface area contributed by atoms with E-state index in [0.717, 1.165) is 11.3 Å². The largest absolute Gasteiger partial charge is 0.543 e. The molecular weight excluding hydrogens is 204 g/mol. The van der Waals surface area contributed by atoms with Gasteiger partial charge in [-0.25, -0.2) is 0 Å². The Bertz CT molecular complexity index is 331. The molecule has 1 rings (SSSR count). The van der Waals surface area contributed by atoms with E-state index in [1.165, 1.54) is 0 Å². The van der Waals surface area contributed by atoms with Crippen molar-refractivity contribution in [3.8, 4) is 0 Å². The third-order valence-electron chi connectivity index (χ3n) is 3.03. The Hall–Kier alpha value is -0.963. The maximum absolute atomic E-state index is 6.03. The molecule has 0 fully saturated rings. The Morgan fingerprint density at radius 2 is 2.00 bits per heavy atom. The third-order valence-corrected chi connectivity index (χ3v) is 7.40. The van der Waals surface area contributed by atoms with Gasteiger partial charge in [-0.2, -0.15) is 0 Å². The van der Waals surface area contributed by atoms with Crippen LogP contribution in [0.2, 0.25) is 18.1 Å². The highest BCUT2D eigenvalue weighted by Gasteiger charge is 2.39. The first-order valence-corrected chi connectivity index (χ1v) is 8.05. The first-order valence-electron chi connectivity index (χ1n) is 5.14. The molecule has 2 nitrogen and oxygen atoms in total. The third kappa shape index (κ3) is 2.75. The molecule has 0 aromatic carbocycles. The summed E-state index contributed by atoms with van der Waals surface area (Å²) in [4.78, 5) is 0. The fraction of sp³-hybridized carbons (Fsp3) is 0.500. The number of rotatable bonds is 3. The average Bonchev–Trinajstić information content (AvgIpc) is 2.51. The summed E-state index contributed by atoms with van der Waals surface area (Å²) in [5.41, 5.74) is 0.930. The van der Waals surface area contributed by atoms with Gasteiger partial charge < -0.3 is 8.84 Å². The van der Waals surface area contributed by atoms with Crippen molar-refractivity contribution in [1.29, 1.82) is 0 Å². The first-order chi connectivity index (χ1) is 6.74. The van der Waals surface area contributed by atoms with E-state index in [1.807, 2.05) is 6.07 Å². The van der Waals surface area contributed by atoms with Crippen LogP contribution in [0.4, 0.5) is 0 Å². The van der Waals surface area contributed by atoms with Crippen LogP contribution in [0.25, 0.3) is 5.76 Å². The Balaban J connectivity index is 2.75. The van der Waals surface area contributed by atoms with Crippen LogP contribution in [0.5, 0.6) is 0 Å². The van der Waals surface area contributed by atoms with Gasteiger partial charge in [0.15, 0.2) is 0 Å². The van der Waals surface area contributed by atoms with Gasteiger partial charge in [0.2, 0.25) is 8.32 Å². The van der Waals surface area contributed by atoms with Crippen LogP contribution in [0.1, 0.15) is 26.3 Å². The maximum Gasteiger partial charge on any atom is 0.250 e. The summed E-state index contributed by atoms with van der Waals surface area (Å²) in [6.07, 6.45) is 3.30. The van der Waals surface area contributed by atoms with E-state index >= 15 is 0 Å². The van der Waals surface area contributed by atoms with Crippen LogP contribution in [0.3, 0.4) is 0 Å². The highest BCUT2D eigenvalue weighted by Crippen LogP contribution is 2.39. The summed E-state index contributed by atoms with van der Waals surface area (Å²) >= 11 is 0. The Morgan fingerprint density at radius 1 is 1.40 bits per heavy atom. The number of hydrogen-bond acceptors (Lipinski definition) is 2. The zero-order valence-corrected chi connectivity index (χ0v) is 11.3. The predicted molar refractivity (Wildman–Crippen MR) is 66.0 cm³/mol. The normalized spacial score (nSPS) is 12.6. The van der Waals surface area contributed by atoms with Crippen molar-refractivity contribution in [2.45, 2.75) is 38.9 Å². The highest BCUT2D eigenvalue weighted by molar-refractivity contribution is 6.74. The summed E-state index contributed by atoms with van der Waals surface area (Å²) in [6, 6.07) is 1.87. The minimum absolute atomic E-state index is 0.194. The zero-order chi connectivity index (χ0) is 11.7. The van der Waals surface area contributed by atoms with Crippen molar-refractivity contribution in [3.63, 3.8) is 0 Å². The lowest BCUT2D eigenvalue weighted by Crippen LogP contribution is -2.40. The summed E-state index contributed by atoms with van der Waals surface area (Å²) in [7, 11) is -1.77. The van der Waals surface area contributed by atoms with Gasteiger partial charge in [-0.3, -0.25) is 0 Å². The molecule has 1 heterocycles. The average molecular weight is 224 g/mol. The molecule has 0 radical (unpaired) electrons. The van der Waals surface area contributed by atoms with Crippen LogP contribution in [0, 0.1) is 0 Å². The standard InChI is InChI=1S/C12H20O2Si/c1-10(11-7-8-13-9-11)14-15(5,6)12(2,3)4/h7-9H,1H2,2-6H3. The van der Waals surface area contributed by atoms with Gasteiger partial charge >= 0.3 is 0 Å². The molecule has 0 bridgehead atoms. The monoisotopic (exact) mass is 224 g/mol. The second kappa shape index (κ2) is 3.89. The molecule has 0 saturated heterocycles. The van der Waals surface area contributed by atoms with Gasteiger partial charge in [0.1, 0.15) is 12.0 Å². The van der Waals surface area contributed by atoms with Crippen molar-refractivity contribution in [1.82, 2.24) is 0 Å². The lowest BCUT2D eigenvalue weighted by Gasteiger charge is -2.36. The molecule has 0 aliphatic rings. The van der Waals surface area contributed by atoms with Crippen molar-refractivity contribution < 1.29 is 8.84 Å². The molecule has 0 aliphatic heterocycles. The second-order valence-corrected chi connectivity index (χ2v) is 10.0. The smallest absolute Gasteiger partial charge is 0.250 e. The fourth-order valence-corrected chi connectivity index (χ4v) is 1.98. The Labute approximate surface area is 93.1 Å². The minimum atomic E-state index is -1.77. The molecule has 1 aromatic rings. The number of hydrogen-bond donors (Lipinski definition) is 0. The van der Waals surface area contributed by atoms with E-state index in [1.54, 1.807) is 12.5 Å². The molecule has 0 N–H and O–H groups in total. The molecule has 0 saturated carbocycles. The molecule has 0 unspecified atom stereocenters. The van der Waals surface area contributed by atoms with Gasteiger partial charge in [-0.15, -0.1) is 0 Å². The van der Waals surface area contributed by atoms with Crippen molar-refractivity contribution >= 4 is 14.1 Å². The molecule has 0 amide bonds. The first kappa shape index (κ1) is 12.1. The Morgan fingerprint density at radius 3 is 2.40 bits per heavy atom. The fourth-order valence-electron chi connectivity index (χ4n) is 0.943. The molecule has 3 heteroatoms. The van der Waals surface area contributed by atoms with Crippen LogP contribution in [-0.4, -0.2) is 8.32 Å². The molecule has 0 aliphatic carbocycles. The molecule has 15 heavy (non-hydrogen) atoms. The lowest BCUT2D eigenvalue weighted by atomic mass is 10.2. The summed E-state index contributed by atoms with van der Waals surface area (Å²) in [6.45, 7) is 15.0. The van der Waals surface area contributed by atoms with Crippen LogP contribution in [-0.2, 0) is 4.43 Å². The van der Waals surface area contributed by atoms with Gasteiger partial charge in [-0.05, 0) is 24.2 Å². The van der Waals surface area contributed by atoms with Gasteiger partial charge in [0.25, 0.3) is 0 Å². The van der Waals surface area contributed by atoms with Crippen molar-refractivity contribution in [2.24, 2.45) is 0 Å². The highest BCUT2D eigenvalue weighted by atomic mass is 28.4. The topological polar surface area (TPSA) is 22.4 Å². The van der Waals surface area contributed by atoms with Crippen LogP contribution in [0.15, 0.2) is 29.6 Å². The molecule has 0 atom stereocenters. The second-order valence-electron chi connectivity index (χ2n) is 5.30. The summed E-state index contributed by atoms with van der Waals surface area (Å²) in [5.74, 6) is 0.718. The SMILES string of the molecule is C=C(O[Si](C)(C)C(C)(C)C)c1ccoc1. The molecule has 1 aromatic heterocycles. The van der Waals surface area contributed by atoms with Gasteiger partial charge in [0, 0.05) is 0 Å². The Kier molecular flexibility index (Phi) is 3.14. The zero-order valence-electron chi connectivity index (χ0n) is 10.3. The van der Waals surface area contributed by atoms with E-state index in [0.29, 0.717) is 0 Å². The predicted octanol–water partition coefficient (Wildman–Crippen LogP) is 4.27. The van der Waals surface area contributed by atoms with E-state index in [9.17, 15) is 0 Å². The van der Waals surface area contributed by atoms with E-state index in [4.69, 9.17) is 8.84 Å². The van der Waals surface area contributed by atoms with Gasteiger partial charge in [0.05, 0.1) is 11.8 Å². The van der Waals surface area contributed by atoms with E-state index in [-0.39, 0.29) is 5.04 Å². The van der Waals surface area contributed by atoms with Crippen LogP contribution >= 0.6 is 0 Å². The summed E-state index contributed by atoms with van der Waals surface area (Å²) in [5, 5.41) is 0.194. The molecule has 0 spiro atoms. The lowest BCUT2D eigenvalue weighted by molar-refractivity contribution is 0.458. The quantitative estimate of drug-likeness (QED) is 0.565. The molecule has 84 valence electrons. The summed E-state index contributed by atoms with van der Waals surface area (Å²) < 4.78 is 11.0. The maximum atomic E-state index is 6.03. The van der Waals surface area contributed by atoms with Crippen molar-refractivity contribution in [3.05, 3.63) is 30.7 Å². The number of furan rings is 1. The molecular formula is C12H20O2Si.